The Bertz CT molecular complexity index is 457. The first-order chi connectivity index (χ1) is 9.99. The fourth-order valence-corrected chi connectivity index (χ4v) is 2.38. The van der Waals surface area contributed by atoms with Crippen LogP contribution in [-0.2, 0) is 0 Å². The van der Waals surface area contributed by atoms with E-state index >= 15 is 0 Å². The highest BCUT2D eigenvalue weighted by molar-refractivity contribution is 5.95. The largest absolute Gasteiger partial charge is 0.397 e. The van der Waals surface area contributed by atoms with Gasteiger partial charge in [0, 0.05) is 25.7 Å². The van der Waals surface area contributed by atoms with Gasteiger partial charge in [-0.1, -0.05) is 33.1 Å². The first-order valence-corrected chi connectivity index (χ1v) is 7.87. The molecule has 3 N–H and O–H groups in total. The molecule has 0 aliphatic rings. The third-order valence-corrected chi connectivity index (χ3v) is 3.61. The van der Waals surface area contributed by atoms with Gasteiger partial charge in [0.1, 0.15) is 0 Å². The minimum Gasteiger partial charge on any atom is -0.397 e. The number of nitrogens with zero attached hydrogens (tertiary/aromatic N) is 1. The quantitative estimate of drug-likeness (QED) is 0.717. The molecule has 1 rings (SSSR count). The molecular weight excluding hydrogens is 262 g/mol. The topological polar surface area (TPSA) is 58.4 Å². The van der Waals surface area contributed by atoms with Crippen molar-refractivity contribution in [2.24, 2.45) is 0 Å². The lowest BCUT2D eigenvalue weighted by Crippen LogP contribution is -2.23. The van der Waals surface area contributed by atoms with E-state index in [9.17, 15) is 4.79 Å². The lowest BCUT2D eigenvalue weighted by molar-refractivity contribution is 0.0827. The molecule has 4 heteroatoms. The van der Waals surface area contributed by atoms with Crippen molar-refractivity contribution >= 4 is 17.3 Å². The van der Waals surface area contributed by atoms with Crippen molar-refractivity contribution in [2.75, 3.05) is 25.1 Å². The van der Waals surface area contributed by atoms with E-state index in [-0.39, 0.29) is 5.91 Å². The lowest BCUT2D eigenvalue weighted by atomic mass is 10.0. The number of rotatable bonds is 8. The van der Waals surface area contributed by atoms with E-state index in [1.54, 1.807) is 25.1 Å². The Morgan fingerprint density at radius 2 is 1.95 bits per heavy atom. The third kappa shape index (κ3) is 5.29. The van der Waals surface area contributed by atoms with Crippen molar-refractivity contribution in [1.29, 1.82) is 0 Å². The second-order valence-electron chi connectivity index (χ2n) is 5.77. The molecule has 0 fully saturated rings. The Morgan fingerprint density at radius 3 is 2.52 bits per heavy atom. The highest BCUT2D eigenvalue weighted by Crippen LogP contribution is 2.23. The van der Waals surface area contributed by atoms with Gasteiger partial charge in [-0.2, -0.15) is 0 Å². The van der Waals surface area contributed by atoms with Crippen LogP contribution >= 0.6 is 0 Å². The first kappa shape index (κ1) is 17.3. The number of nitrogens with two attached hydrogens (primary N) is 1. The summed E-state index contributed by atoms with van der Waals surface area (Å²) >= 11 is 0. The number of nitrogen functional groups attached to an aromatic ring is 1. The van der Waals surface area contributed by atoms with Gasteiger partial charge in [-0.05, 0) is 31.0 Å². The van der Waals surface area contributed by atoms with E-state index in [1.807, 2.05) is 12.1 Å². The van der Waals surface area contributed by atoms with Gasteiger partial charge in [0.15, 0.2) is 0 Å². The van der Waals surface area contributed by atoms with Gasteiger partial charge in [0.05, 0.1) is 11.4 Å². The highest BCUT2D eigenvalue weighted by Gasteiger charge is 2.13. The van der Waals surface area contributed by atoms with Crippen molar-refractivity contribution in [3.05, 3.63) is 23.8 Å². The molecule has 1 aromatic rings. The predicted molar refractivity (Wildman–Crippen MR) is 90.7 cm³/mol. The van der Waals surface area contributed by atoms with Crippen LogP contribution in [0.5, 0.6) is 0 Å². The summed E-state index contributed by atoms with van der Waals surface area (Å²) in [5, 5.41) is 3.52. The van der Waals surface area contributed by atoms with Crippen LogP contribution in [0.4, 0.5) is 11.4 Å². The van der Waals surface area contributed by atoms with Crippen LogP contribution < -0.4 is 11.1 Å². The molecule has 0 heterocycles. The first-order valence-electron chi connectivity index (χ1n) is 7.87. The maximum atomic E-state index is 12.0. The second-order valence-corrected chi connectivity index (χ2v) is 5.77. The number of amides is 1. The van der Waals surface area contributed by atoms with E-state index in [1.165, 1.54) is 12.8 Å². The fourth-order valence-electron chi connectivity index (χ4n) is 2.38. The van der Waals surface area contributed by atoms with Crippen LogP contribution in [0, 0.1) is 0 Å². The minimum atomic E-state index is -0.00125. The lowest BCUT2D eigenvalue weighted by Gasteiger charge is -2.21. The molecule has 0 aliphatic carbocycles. The van der Waals surface area contributed by atoms with E-state index < -0.39 is 0 Å². The Balaban J connectivity index is 2.89. The smallest absolute Gasteiger partial charge is 0.253 e. The highest BCUT2D eigenvalue weighted by atomic mass is 16.2. The Labute approximate surface area is 128 Å². The van der Waals surface area contributed by atoms with Crippen molar-refractivity contribution in [2.45, 2.75) is 52.0 Å². The number of anilines is 2. The second kappa shape index (κ2) is 8.55. The molecule has 0 bridgehead atoms. The maximum absolute atomic E-state index is 12.0. The summed E-state index contributed by atoms with van der Waals surface area (Å²) < 4.78 is 0. The molecule has 0 aliphatic heterocycles. The average molecular weight is 291 g/mol. The molecule has 0 spiro atoms. The number of unbranched alkanes of at least 4 members (excludes halogenated alkanes) is 1. The Morgan fingerprint density at radius 1 is 1.24 bits per heavy atom. The van der Waals surface area contributed by atoms with E-state index in [2.05, 4.69) is 19.2 Å². The molecule has 1 aromatic carbocycles. The monoisotopic (exact) mass is 291 g/mol. The van der Waals surface area contributed by atoms with Gasteiger partial charge in [-0.3, -0.25) is 4.79 Å². The molecule has 0 saturated carbocycles. The van der Waals surface area contributed by atoms with Crippen molar-refractivity contribution in [3.8, 4) is 0 Å². The normalized spacial score (nSPS) is 12.0. The number of carbonyl (C=O) groups is 1. The van der Waals surface area contributed by atoms with Gasteiger partial charge in [0.25, 0.3) is 5.91 Å². The molecule has 0 radical (unpaired) electrons. The molecule has 0 saturated heterocycles. The van der Waals surface area contributed by atoms with Gasteiger partial charge in [0.2, 0.25) is 0 Å². The van der Waals surface area contributed by atoms with E-state index in [4.69, 9.17) is 5.73 Å². The van der Waals surface area contributed by atoms with Crippen LogP contribution in [0.3, 0.4) is 0 Å². The summed E-state index contributed by atoms with van der Waals surface area (Å²) in [6.45, 7) is 4.39. The summed E-state index contributed by atoms with van der Waals surface area (Å²) in [6, 6.07) is 5.87. The molecule has 1 atom stereocenters. The summed E-state index contributed by atoms with van der Waals surface area (Å²) in [7, 11) is 3.51. The number of carbonyl (C=O) groups excluding carboxylic acids is 1. The molecule has 0 aromatic heterocycles. The average Bonchev–Trinajstić information content (AvgIpc) is 2.46. The van der Waals surface area contributed by atoms with Crippen LogP contribution in [0.15, 0.2) is 18.2 Å². The molecule has 118 valence electrons. The predicted octanol–water partition coefficient (Wildman–Crippen LogP) is 3.74. The number of hydrogen-bond acceptors (Lipinski definition) is 3. The SMILES string of the molecule is CCCCC(CCC)Nc1cc(C(=O)N(C)C)ccc1N. The molecular formula is C17H29N3O. The van der Waals surface area contributed by atoms with Crippen LogP contribution in [0.25, 0.3) is 0 Å². The minimum absolute atomic E-state index is 0.00125. The van der Waals surface area contributed by atoms with Gasteiger partial charge >= 0.3 is 0 Å². The Hall–Kier alpha value is -1.71. The Kier molecular flexibility index (Phi) is 7.06. The van der Waals surface area contributed by atoms with Crippen LogP contribution in [-0.4, -0.2) is 30.9 Å². The number of benzene rings is 1. The summed E-state index contributed by atoms with van der Waals surface area (Å²) in [5.41, 5.74) is 8.29. The van der Waals surface area contributed by atoms with Gasteiger partial charge < -0.3 is 16.0 Å². The maximum Gasteiger partial charge on any atom is 0.253 e. The van der Waals surface area contributed by atoms with Gasteiger partial charge in [-0.15, -0.1) is 0 Å². The van der Waals surface area contributed by atoms with E-state index in [0.717, 1.165) is 24.9 Å². The summed E-state index contributed by atoms with van der Waals surface area (Å²) in [4.78, 5) is 13.6. The zero-order valence-electron chi connectivity index (χ0n) is 13.8. The zero-order valence-corrected chi connectivity index (χ0v) is 13.8. The molecule has 21 heavy (non-hydrogen) atoms. The third-order valence-electron chi connectivity index (χ3n) is 3.61. The fraction of sp³-hybridized carbons (Fsp3) is 0.588. The van der Waals surface area contributed by atoms with Crippen LogP contribution in [0.2, 0.25) is 0 Å². The summed E-state index contributed by atoms with van der Waals surface area (Å²) in [5.74, 6) is -0.00125. The molecule has 1 amide bonds. The van der Waals surface area contributed by atoms with Crippen molar-refractivity contribution < 1.29 is 4.79 Å². The van der Waals surface area contributed by atoms with Crippen LogP contribution in [0.1, 0.15) is 56.3 Å². The summed E-state index contributed by atoms with van der Waals surface area (Å²) in [6.07, 6.45) is 5.78. The van der Waals surface area contributed by atoms with Crippen molar-refractivity contribution in [3.63, 3.8) is 0 Å². The molecule has 4 nitrogen and oxygen atoms in total. The van der Waals surface area contributed by atoms with Gasteiger partial charge in [-0.25, -0.2) is 0 Å². The standard InChI is InChI=1S/C17H29N3O/c1-5-7-9-14(8-6-2)19-16-12-13(10-11-15(16)18)17(21)20(3)4/h10-12,14,19H,5-9,18H2,1-4H3. The van der Waals surface area contributed by atoms with Crippen molar-refractivity contribution in [1.82, 2.24) is 4.90 Å². The zero-order chi connectivity index (χ0) is 15.8. The van der Waals surface area contributed by atoms with E-state index in [0.29, 0.717) is 17.3 Å². The number of hydrogen-bond donors (Lipinski definition) is 2. The number of nitrogens with one attached hydrogen (secondary N) is 1. The molecule has 1 unspecified atom stereocenters.